The highest BCUT2D eigenvalue weighted by molar-refractivity contribution is 7.89. The molecule has 0 heterocycles. The minimum Gasteiger partial charge on any atom is -0.369 e. The monoisotopic (exact) mass is 479 g/mol. The number of sulfonamides is 1. The van der Waals surface area contributed by atoms with Crippen LogP contribution in [-0.4, -0.2) is 31.3 Å². The molecule has 32 heavy (non-hydrogen) atoms. The Morgan fingerprint density at radius 3 is 2.25 bits per heavy atom. The standard InChI is InChI=1S/C23H30ClN3O4S/c24-17-5-1-2-6-18(17)32(30,31)27-23(7-3-4-8-23)20(29)26-22-12-15-9-16(13-22)11-21(10-15,14-22)19(25)28/h1-2,5-6,15-16,27H,3-4,7-14H2,(H2,25,28)(H,26,29). The average Bonchev–Trinajstić information content (AvgIpc) is 3.16. The molecule has 6 rings (SSSR count). The first-order valence-corrected chi connectivity index (χ1v) is 13.3. The van der Waals surface area contributed by atoms with Gasteiger partial charge in [-0.05, 0) is 75.3 Å². The predicted octanol–water partition coefficient (Wildman–Crippen LogP) is 2.87. The number of hydrogen-bond donors (Lipinski definition) is 3. The lowest BCUT2D eigenvalue weighted by molar-refractivity contribution is -0.151. The highest BCUT2D eigenvalue weighted by Crippen LogP contribution is 2.61. The van der Waals surface area contributed by atoms with Crippen molar-refractivity contribution in [1.82, 2.24) is 10.0 Å². The third-order valence-electron chi connectivity index (χ3n) is 8.31. The zero-order valence-electron chi connectivity index (χ0n) is 18.0. The molecule has 7 nitrogen and oxygen atoms in total. The van der Waals surface area contributed by atoms with E-state index in [2.05, 4.69) is 10.0 Å². The van der Waals surface area contributed by atoms with Crippen LogP contribution in [0, 0.1) is 17.3 Å². The molecule has 5 fully saturated rings. The Bertz CT molecular complexity index is 1050. The van der Waals surface area contributed by atoms with Crippen molar-refractivity contribution in [2.45, 2.75) is 80.2 Å². The van der Waals surface area contributed by atoms with Gasteiger partial charge in [-0.15, -0.1) is 0 Å². The van der Waals surface area contributed by atoms with E-state index in [1.165, 1.54) is 12.1 Å². The van der Waals surface area contributed by atoms with E-state index in [4.69, 9.17) is 17.3 Å². The summed E-state index contributed by atoms with van der Waals surface area (Å²) in [5.41, 5.74) is 3.60. The highest BCUT2D eigenvalue weighted by atomic mass is 35.5. The summed E-state index contributed by atoms with van der Waals surface area (Å²) in [6.07, 6.45) is 7.32. The summed E-state index contributed by atoms with van der Waals surface area (Å²) in [6, 6.07) is 6.25. The van der Waals surface area contributed by atoms with Gasteiger partial charge >= 0.3 is 0 Å². The first-order valence-electron chi connectivity index (χ1n) is 11.5. The molecule has 0 spiro atoms. The van der Waals surface area contributed by atoms with E-state index < -0.39 is 26.5 Å². The average molecular weight is 480 g/mol. The number of carbonyl (C=O) groups excluding carboxylic acids is 2. The lowest BCUT2D eigenvalue weighted by Crippen LogP contribution is -2.69. The number of primary amides is 1. The minimum absolute atomic E-state index is 0.0248. The van der Waals surface area contributed by atoms with Gasteiger partial charge in [-0.25, -0.2) is 8.42 Å². The van der Waals surface area contributed by atoms with Crippen molar-refractivity contribution >= 4 is 33.4 Å². The summed E-state index contributed by atoms with van der Waals surface area (Å²) in [6.45, 7) is 0. The van der Waals surface area contributed by atoms with Crippen LogP contribution in [0.2, 0.25) is 5.02 Å². The molecule has 2 unspecified atom stereocenters. The molecule has 174 valence electrons. The van der Waals surface area contributed by atoms with Crippen LogP contribution in [0.5, 0.6) is 0 Å². The Hall–Kier alpha value is -1.64. The van der Waals surface area contributed by atoms with Crippen molar-refractivity contribution in [2.75, 3.05) is 0 Å². The van der Waals surface area contributed by atoms with Gasteiger partial charge in [0.15, 0.2) is 0 Å². The molecule has 5 saturated carbocycles. The van der Waals surface area contributed by atoms with Crippen LogP contribution in [0.3, 0.4) is 0 Å². The van der Waals surface area contributed by atoms with Crippen LogP contribution < -0.4 is 15.8 Å². The van der Waals surface area contributed by atoms with Crippen molar-refractivity contribution < 1.29 is 18.0 Å². The van der Waals surface area contributed by atoms with E-state index >= 15 is 0 Å². The van der Waals surface area contributed by atoms with Crippen molar-refractivity contribution in [2.24, 2.45) is 23.0 Å². The molecule has 0 saturated heterocycles. The lowest BCUT2D eigenvalue weighted by atomic mass is 9.46. The van der Waals surface area contributed by atoms with Crippen molar-refractivity contribution in [3.8, 4) is 0 Å². The predicted molar refractivity (Wildman–Crippen MR) is 120 cm³/mol. The molecular weight excluding hydrogens is 450 g/mol. The van der Waals surface area contributed by atoms with Crippen LogP contribution in [0.25, 0.3) is 0 Å². The molecule has 4 bridgehead atoms. The molecule has 5 aliphatic rings. The highest BCUT2D eigenvalue weighted by Gasteiger charge is 2.61. The van der Waals surface area contributed by atoms with Crippen molar-refractivity contribution in [3.63, 3.8) is 0 Å². The minimum atomic E-state index is -3.99. The maximum Gasteiger partial charge on any atom is 0.243 e. The number of benzene rings is 1. The van der Waals surface area contributed by atoms with Crippen LogP contribution in [0.15, 0.2) is 29.2 Å². The van der Waals surface area contributed by atoms with Gasteiger partial charge in [0.25, 0.3) is 0 Å². The normalized spacial score (nSPS) is 35.0. The number of nitrogens with one attached hydrogen (secondary N) is 2. The molecule has 0 aromatic heterocycles. The number of halogens is 1. The lowest BCUT2D eigenvalue weighted by Gasteiger charge is -2.61. The Kier molecular flexibility index (Phi) is 5.15. The maximum atomic E-state index is 13.7. The third-order valence-corrected chi connectivity index (χ3v) is 10.3. The van der Waals surface area contributed by atoms with E-state index in [9.17, 15) is 18.0 Å². The van der Waals surface area contributed by atoms with Crippen LogP contribution in [-0.2, 0) is 19.6 Å². The molecule has 9 heteroatoms. The van der Waals surface area contributed by atoms with Gasteiger partial charge in [-0.3, -0.25) is 9.59 Å². The van der Waals surface area contributed by atoms with Gasteiger partial charge in [0.05, 0.1) is 10.4 Å². The van der Waals surface area contributed by atoms with E-state index in [-0.39, 0.29) is 21.7 Å². The first-order chi connectivity index (χ1) is 15.1. The van der Waals surface area contributed by atoms with Gasteiger partial charge in [-0.2, -0.15) is 4.72 Å². The fourth-order valence-electron chi connectivity index (χ4n) is 7.39. The number of carbonyl (C=O) groups is 2. The molecule has 0 radical (unpaired) electrons. The quantitative estimate of drug-likeness (QED) is 0.581. The third kappa shape index (κ3) is 3.55. The second-order valence-electron chi connectivity index (χ2n) is 10.7. The fourth-order valence-corrected chi connectivity index (χ4v) is 9.33. The summed E-state index contributed by atoms with van der Waals surface area (Å²) >= 11 is 6.15. The SMILES string of the molecule is NC(=O)C12CC3CC(CC(NC(=O)C4(NS(=O)(=O)c5ccccc5Cl)CCCC4)(C3)C1)C2. The molecule has 1 aromatic carbocycles. The van der Waals surface area contributed by atoms with Gasteiger partial charge in [-0.1, -0.05) is 36.6 Å². The number of nitrogens with two attached hydrogens (primary N) is 1. The molecule has 5 aliphatic carbocycles. The summed E-state index contributed by atoms with van der Waals surface area (Å²) in [7, 11) is -3.99. The molecule has 2 amide bonds. The second-order valence-corrected chi connectivity index (χ2v) is 12.7. The van der Waals surface area contributed by atoms with Crippen LogP contribution >= 0.6 is 11.6 Å². The maximum absolute atomic E-state index is 13.7. The molecule has 1 aromatic rings. The molecule has 4 N–H and O–H groups in total. The Morgan fingerprint density at radius 1 is 1.03 bits per heavy atom. The summed E-state index contributed by atoms with van der Waals surface area (Å²) < 4.78 is 29.1. The second kappa shape index (κ2) is 7.43. The zero-order chi connectivity index (χ0) is 22.8. The Balaban J connectivity index is 1.42. The summed E-state index contributed by atoms with van der Waals surface area (Å²) in [4.78, 5) is 26.1. The summed E-state index contributed by atoms with van der Waals surface area (Å²) in [5, 5.41) is 3.39. The number of hydrogen-bond acceptors (Lipinski definition) is 4. The van der Waals surface area contributed by atoms with Gasteiger partial charge in [0.2, 0.25) is 21.8 Å². The first kappa shape index (κ1) is 22.2. The summed E-state index contributed by atoms with van der Waals surface area (Å²) in [5.74, 6) is 0.208. The van der Waals surface area contributed by atoms with Gasteiger partial charge < -0.3 is 11.1 Å². The van der Waals surface area contributed by atoms with Crippen LogP contribution in [0.1, 0.15) is 64.2 Å². The molecule has 2 atom stereocenters. The number of rotatable bonds is 6. The topological polar surface area (TPSA) is 118 Å². The molecular formula is C23H30ClN3O4S. The fraction of sp³-hybridized carbons (Fsp3) is 0.652. The zero-order valence-corrected chi connectivity index (χ0v) is 19.6. The van der Waals surface area contributed by atoms with E-state index in [0.29, 0.717) is 31.1 Å². The Labute approximate surface area is 193 Å². The van der Waals surface area contributed by atoms with Crippen molar-refractivity contribution in [1.29, 1.82) is 0 Å². The Morgan fingerprint density at radius 2 is 1.66 bits per heavy atom. The van der Waals surface area contributed by atoms with E-state index in [1.54, 1.807) is 12.1 Å². The molecule has 0 aliphatic heterocycles. The van der Waals surface area contributed by atoms with E-state index in [0.717, 1.165) is 44.9 Å². The number of amides is 2. The van der Waals surface area contributed by atoms with Gasteiger partial charge in [0, 0.05) is 5.54 Å². The smallest absolute Gasteiger partial charge is 0.243 e. The van der Waals surface area contributed by atoms with Crippen LogP contribution in [0.4, 0.5) is 0 Å². The largest absolute Gasteiger partial charge is 0.369 e. The van der Waals surface area contributed by atoms with E-state index in [1.807, 2.05) is 0 Å². The van der Waals surface area contributed by atoms with Crippen molar-refractivity contribution in [3.05, 3.63) is 29.3 Å². The van der Waals surface area contributed by atoms with Gasteiger partial charge in [0.1, 0.15) is 10.4 Å².